The lowest BCUT2D eigenvalue weighted by atomic mass is 9.73. The summed E-state index contributed by atoms with van der Waals surface area (Å²) in [4.78, 5) is 32.2. The first-order chi connectivity index (χ1) is 11.1. The van der Waals surface area contributed by atoms with Gasteiger partial charge in [-0.1, -0.05) is 0 Å². The number of hydrogen-bond acceptors (Lipinski definition) is 4. The fourth-order valence-corrected chi connectivity index (χ4v) is 3.90. The van der Waals surface area contributed by atoms with E-state index in [0.29, 0.717) is 31.8 Å². The van der Waals surface area contributed by atoms with Crippen molar-refractivity contribution >= 4 is 11.8 Å². The quantitative estimate of drug-likeness (QED) is 0.835. The van der Waals surface area contributed by atoms with E-state index < -0.39 is 0 Å². The van der Waals surface area contributed by atoms with Gasteiger partial charge in [-0.25, -0.2) is 0 Å². The highest BCUT2D eigenvalue weighted by atomic mass is 16.5. The average Bonchev–Trinajstić information content (AvgIpc) is 2.94. The molecule has 2 aliphatic rings. The molecule has 0 saturated carbocycles. The molecular formula is C17H23N3O3. The molecule has 2 aliphatic heterocycles. The summed E-state index contributed by atoms with van der Waals surface area (Å²) >= 11 is 0. The van der Waals surface area contributed by atoms with Gasteiger partial charge in [0, 0.05) is 63.9 Å². The zero-order valence-corrected chi connectivity index (χ0v) is 13.7. The van der Waals surface area contributed by atoms with E-state index in [2.05, 4.69) is 4.98 Å². The molecule has 2 atom stereocenters. The predicted molar refractivity (Wildman–Crippen MR) is 84.8 cm³/mol. The number of ether oxygens (including phenoxy) is 1. The van der Waals surface area contributed by atoms with Crippen LogP contribution in [0.3, 0.4) is 0 Å². The Morgan fingerprint density at radius 1 is 1.39 bits per heavy atom. The minimum atomic E-state index is -0.0217. The molecule has 0 spiro atoms. The highest BCUT2D eigenvalue weighted by molar-refractivity contribution is 5.94. The van der Waals surface area contributed by atoms with Crippen LogP contribution in [0.1, 0.15) is 23.7 Å². The normalized spacial score (nSPS) is 27.0. The maximum absolute atomic E-state index is 12.6. The molecule has 2 unspecified atom stereocenters. The number of hydrogen-bond donors (Lipinski definition) is 0. The van der Waals surface area contributed by atoms with Crippen molar-refractivity contribution < 1.29 is 14.3 Å². The Kier molecular flexibility index (Phi) is 4.35. The van der Waals surface area contributed by atoms with Crippen molar-refractivity contribution in [3.63, 3.8) is 0 Å². The van der Waals surface area contributed by atoms with E-state index >= 15 is 0 Å². The molecule has 2 saturated heterocycles. The van der Waals surface area contributed by atoms with Crippen LogP contribution in [0.5, 0.6) is 0 Å². The fraction of sp³-hybridized carbons (Fsp3) is 0.588. The van der Waals surface area contributed by atoms with Crippen LogP contribution in [0.15, 0.2) is 24.5 Å². The van der Waals surface area contributed by atoms with Crippen molar-refractivity contribution in [1.82, 2.24) is 14.8 Å². The molecule has 23 heavy (non-hydrogen) atoms. The predicted octanol–water partition coefficient (Wildman–Crippen LogP) is 1.04. The molecule has 1 aromatic rings. The lowest BCUT2D eigenvalue weighted by Gasteiger charge is -2.42. The minimum Gasteiger partial charge on any atom is -0.384 e. The maximum atomic E-state index is 12.6. The van der Waals surface area contributed by atoms with Crippen LogP contribution in [-0.2, 0) is 9.53 Å². The Labute approximate surface area is 136 Å². The Balaban J connectivity index is 1.76. The summed E-state index contributed by atoms with van der Waals surface area (Å²) in [6, 6.07) is 3.57. The van der Waals surface area contributed by atoms with Crippen molar-refractivity contribution in [2.24, 2.45) is 11.3 Å². The lowest BCUT2D eigenvalue weighted by Crippen LogP contribution is -2.50. The van der Waals surface area contributed by atoms with E-state index in [1.807, 2.05) is 9.80 Å². The Morgan fingerprint density at radius 2 is 2.17 bits per heavy atom. The van der Waals surface area contributed by atoms with Gasteiger partial charge in [0.05, 0.1) is 12.2 Å². The molecule has 3 heterocycles. The van der Waals surface area contributed by atoms with Crippen molar-refractivity contribution in [3.05, 3.63) is 30.1 Å². The van der Waals surface area contributed by atoms with Crippen molar-refractivity contribution in [2.45, 2.75) is 13.3 Å². The smallest absolute Gasteiger partial charge is 0.255 e. The first-order valence-corrected chi connectivity index (χ1v) is 7.99. The maximum Gasteiger partial charge on any atom is 0.255 e. The van der Waals surface area contributed by atoms with Crippen molar-refractivity contribution in [2.75, 3.05) is 39.9 Å². The van der Waals surface area contributed by atoms with Crippen molar-refractivity contribution in [3.8, 4) is 0 Å². The largest absolute Gasteiger partial charge is 0.384 e. The van der Waals surface area contributed by atoms with Gasteiger partial charge in [0.2, 0.25) is 5.91 Å². The van der Waals surface area contributed by atoms with Crippen molar-refractivity contribution in [1.29, 1.82) is 0 Å². The molecule has 0 aromatic carbocycles. The van der Waals surface area contributed by atoms with Gasteiger partial charge in [0.1, 0.15) is 0 Å². The van der Waals surface area contributed by atoms with E-state index in [9.17, 15) is 9.59 Å². The van der Waals surface area contributed by atoms with Gasteiger partial charge in [-0.15, -0.1) is 0 Å². The molecule has 3 rings (SSSR count). The average molecular weight is 317 g/mol. The first-order valence-electron chi connectivity index (χ1n) is 7.99. The molecule has 2 amide bonds. The molecule has 6 nitrogen and oxygen atoms in total. The number of nitrogens with zero attached hydrogens (tertiary/aromatic N) is 3. The second-order valence-electron chi connectivity index (χ2n) is 6.63. The number of carbonyl (C=O) groups excluding carboxylic acids is 2. The Hall–Kier alpha value is -1.95. The standard InChI is InChI=1S/C17H23N3O3/c1-13(21)20-10-15-9-19(7-5-17(15,11-20)12-23-2)16(22)14-4-3-6-18-8-14/h3-4,6,8,15H,5,7,9-12H2,1-2H3. The Morgan fingerprint density at radius 3 is 2.83 bits per heavy atom. The summed E-state index contributed by atoms with van der Waals surface area (Å²) < 4.78 is 5.44. The summed E-state index contributed by atoms with van der Waals surface area (Å²) in [6.07, 6.45) is 4.13. The van der Waals surface area contributed by atoms with Gasteiger partial charge in [-0.2, -0.15) is 0 Å². The summed E-state index contributed by atoms with van der Waals surface area (Å²) in [6.45, 7) is 5.04. The van der Waals surface area contributed by atoms with E-state index in [4.69, 9.17) is 4.74 Å². The van der Waals surface area contributed by atoms with Gasteiger partial charge in [0.25, 0.3) is 5.91 Å². The van der Waals surface area contributed by atoms with Crippen LogP contribution >= 0.6 is 0 Å². The molecule has 6 heteroatoms. The molecule has 0 N–H and O–H groups in total. The molecular weight excluding hydrogens is 294 g/mol. The SMILES string of the molecule is COCC12CCN(C(=O)c3cccnc3)CC1CN(C(C)=O)C2. The summed E-state index contributed by atoms with van der Waals surface area (Å²) in [5.74, 6) is 0.381. The number of rotatable bonds is 3. The zero-order valence-electron chi connectivity index (χ0n) is 13.7. The molecule has 2 fully saturated rings. The number of carbonyl (C=O) groups is 2. The zero-order chi connectivity index (χ0) is 16.4. The molecule has 124 valence electrons. The van der Waals surface area contributed by atoms with Gasteiger partial charge in [-0.3, -0.25) is 14.6 Å². The first kappa shape index (κ1) is 15.9. The second-order valence-corrected chi connectivity index (χ2v) is 6.63. The van der Waals surface area contributed by atoms with Crippen LogP contribution in [0.2, 0.25) is 0 Å². The lowest BCUT2D eigenvalue weighted by molar-refractivity contribution is -0.128. The number of piperidine rings is 1. The topological polar surface area (TPSA) is 62.7 Å². The summed E-state index contributed by atoms with van der Waals surface area (Å²) in [5, 5.41) is 0. The van der Waals surface area contributed by atoms with Crippen LogP contribution in [0.25, 0.3) is 0 Å². The number of methoxy groups -OCH3 is 1. The molecule has 1 aromatic heterocycles. The highest BCUT2D eigenvalue weighted by Crippen LogP contribution is 2.43. The third-order valence-corrected chi connectivity index (χ3v) is 5.21. The third kappa shape index (κ3) is 2.95. The number of fused-ring (bicyclic) bond motifs is 1. The van der Waals surface area contributed by atoms with Crippen LogP contribution in [0.4, 0.5) is 0 Å². The fourth-order valence-electron chi connectivity index (χ4n) is 3.90. The monoisotopic (exact) mass is 317 g/mol. The number of pyridine rings is 1. The van der Waals surface area contributed by atoms with Crippen LogP contribution in [0, 0.1) is 11.3 Å². The van der Waals surface area contributed by atoms with Crippen LogP contribution in [-0.4, -0.2) is 66.5 Å². The van der Waals surface area contributed by atoms with E-state index in [0.717, 1.165) is 13.0 Å². The molecule has 0 bridgehead atoms. The number of likely N-dealkylation sites (tertiary alicyclic amines) is 2. The Bertz CT molecular complexity index is 592. The molecule has 0 aliphatic carbocycles. The van der Waals surface area contributed by atoms with E-state index in [-0.39, 0.29) is 23.1 Å². The molecule has 0 radical (unpaired) electrons. The number of aromatic nitrogens is 1. The number of amides is 2. The van der Waals surface area contributed by atoms with Gasteiger partial charge < -0.3 is 14.5 Å². The summed E-state index contributed by atoms with van der Waals surface area (Å²) in [7, 11) is 1.70. The third-order valence-electron chi connectivity index (χ3n) is 5.21. The minimum absolute atomic E-state index is 0.0189. The van der Waals surface area contributed by atoms with Gasteiger partial charge in [0.15, 0.2) is 0 Å². The van der Waals surface area contributed by atoms with Crippen LogP contribution < -0.4 is 0 Å². The van der Waals surface area contributed by atoms with E-state index in [1.165, 1.54) is 0 Å². The van der Waals surface area contributed by atoms with Gasteiger partial charge in [-0.05, 0) is 18.6 Å². The summed E-state index contributed by atoms with van der Waals surface area (Å²) in [5.41, 5.74) is 0.597. The van der Waals surface area contributed by atoms with Gasteiger partial charge >= 0.3 is 0 Å². The second kappa shape index (κ2) is 6.28. The highest BCUT2D eigenvalue weighted by Gasteiger charge is 2.50. The van der Waals surface area contributed by atoms with E-state index in [1.54, 1.807) is 38.6 Å².